The zero-order valence-corrected chi connectivity index (χ0v) is 8.42. The van der Waals surface area contributed by atoms with Crippen LogP contribution in [-0.4, -0.2) is 19.2 Å². The lowest BCUT2D eigenvalue weighted by Crippen LogP contribution is -2.09. The number of hydrogen-bond acceptors (Lipinski definition) is 3. The number of aromatic nitrogens is 1. The predicted molar refractivity (Wildman–Crippen MR) is 52.0 cm³/mol. The van der Waals surface area contributed by atoms with Crippen LogP contribution >= 0.6 is 0 Å². The highest BCUT2D eigenvalue weighted by atomic mass is 32.2. The van der Waals surface area contributed by atoms with Gasteiger partial charge in [0.2, 0.25) is 0 Å². The number of hydrogen-bond donors (Lipinski definition) is 0. The molecular weight excluding hydrogens is 186 g/mol. The average Bonchev–Trinajstić information content (AvgIpc) is 2.04. The summed E-state index contributed by atoms with van der Waals surface area (Å²) < 4.78 is 22.7. The summed E-state index contributed by atoms with van der Waals surface area (Å²) in [4.78, 5) is 3.97. The second kappa shape index (κ2) is 4.37. The molecule has 0 fully saturated rings. The molecule has 72 valence electrons. The lowest BCUT2D eigenvalue weighted by molar-refractivity contribution is 0.593. The normalized spacial score (nSPS) is 11.5. The quantitative estimate of drug-likeness (QED) is 0.736. The van der Waals surface area contributed by atoms with Gasteiger partial charge in [-0.3, -0.25) is 4.98 Å². The van der Waals surface area contributed by atoms with Crippen LogP contribution in [0, 0.1) is 0 Å². The Morgan fingerprint density at radius 1 is 1.38 bits per heavy atom. The molecule has 0 bridgehead atoms. The third-order valence-electron chi connectivity index (χ3n) is 1.61. The molecular formula is C9H13NO2S. The number of nitrogens with zero attached hydrogens (tertiary/aromatic N) is 1. The molecule has 0 amide bonds. The molecule has 1 heterocycles. The summed E-state index contributed by atoms with van der Waals surface area (Å²) in [5.74, 6) is 0.297. The number of rotatable bonds is 4. The summed E-state index contributed by atoms with van der Waals surface area (Å²) in [7, 11) is -2.95. The van der Waals surface area contributed by atoms with Gasteiger partial charge in [-0.15, -0.1) is 0 Å². The zero-order valence-electron chi connectivity index (χ0n) is 7.60. The van der Waals surface area contributed by atoms with E-state index in [9.17, 15) is 8.42 Å². The Bertz CT molecular complexity index is 345. The van der Waals surface area contributed by atoms with E-state index in [4.69, 9.17) is 0 Å². The van der Waals surface area contributed by atoms with Crippen LogP contribution in [0.2, 0.25) is 0 Å². The fourth-order valence-corrected chi connectivity index (χ4v) is 2.48. The molecule has 1 aromatic heterocycles. The summed E-state index contributed by atoms with van der Waals surface area (Å²) in [5, 5.41) is 0. The van der Waals surface area contributed by atoms with Crippen molar-refractivity contribution in [2.75, 3.05) is 5.75 Å². The minimum atomic E-state index is -2.95. The summed E-state index contributed by atoms with van der Waals surface area (Å²) in [6.45, 7) is 1.86. The van der Waals surface area contributed by atoms with Gasteiger partial charge < -0.3 is 0 Å². The van der Waals surface area contributed by atoms with Crippen LogP contribution < -0.4 is 0 Å². The second-order valence-corrected chi connectivity index (χ2v) is 5.10. The van der Waals surface area contributed by atoms with Crippen LogP contribution in [0.3, 0.4) is 0 Å². The summed E-state index contributed by atoms with van der Waals surface area (Å²) in [6, 6.07) is 5.30. The number of pyridine rings is 1. The first kappa shape index (κ1) is 10.2. The topological polar surface area (TPSA) is 47.0 Å². The van der Waals surface area contributed by atoms with Crippen LogP contribution in [0.5, 0.6) is 0 Å². The highest BCUT2D eigenvalue weighted by Gasteiger charge is 2.10. The van der Waals surface area contributed by atoms with Gasteiger partial charge in [-0.05, 0) is 18.6 Å². The molecule has 13 heavy (non-hydrogen) atoms. The Kier molecular flexibility index (Phi) is 3.42. The lowest BCUT2D eigenvalue weighted by Gasteiger charge is -2.00. The molecule has 0 aliphatic heterocycles. The van der Waals surface area contributed by atoms with Crippen molar-refractivity contribution in [1.82, 2.24) is 4.98 Å². The zero-order chi connectivity index (χ0) is 9.73. The molecule has 0 aliphatic rings. The fourth-order valence-electron chi connectivity index (χ4n) is 1.09. The van der Waals surface area contributed by atoms with E-state index in [0.29, 0.717) is 12.1 Å². The Hall–Kier alpha value is -0.900. The van der Waals surface area contributed by atoms with Crippen molar-refractivity contribution < 1.29 is 8.42 Å². The SMILES string of the molecule is CCCS(=O)(=O)Cc1ccccn1. The molecule has 0 aromatic carbocycles. The molecule has 4 heteroatoms. The Morgan fingerprint density at radius 2 is 2.15 bits per heavy atom. The average molecular weight is 199 g/mol. The Balaban J connectivity index is 2.70. The fraction of sp³-hybridized carbons (Fsp3) is 0.444. The van der Waals surface area contributed by atoms with E-state index in [1.165, 1.54) is 0 Å². The summed E-state index contributed by atoms with van der Waals surface area (Å²) >= 11 is 0. The maximum absolute atomic E-state index is 11.4. The van der Waals surface area contributed by atoms with Crippen molar-refractivity contribution >= 4 is 9.84 Å². The molecule has 3 nitrogen and oxygen atoms in total. The van der Waals surface area contributed by atoms with Gasteiger partial charge in [-0.1, -0.05) is 13.0 Å². The first-order valence-electron chi connectivity index (χ1n) is 4.24. The van der Waals surface area contributed by atoms with Gasteiger partial charge in [0.05, 0.1) is 17.2 Å². The summed E-state index contributed by atoms with van der Waals surface area (Å²) in [5.41, 5.74) is 0.621. The first-order valence-corrected chi connectivity index (χ1v) is 6.06. The van der Waals surface area contributed by atoms with E-state index in [2.05, 4.69) is 4.98 Å². The molecule has 0 radical (unpaired) electrons. The van der Waals surface area contributed by atoms with Gasteiger partial charge in [-0.2, -0.15) is 0 Å². The molecule has 1 rings (SSSR count). The number of sulfone groups is 1. The van der Waals surface area contributed by atoms with Gasteiger partial charge in [-0.25, -0.2) is 8.42 Å². The third-order valence-corrected chi connectivity index (χ3v) is 3.37. The van der Waals surface area contributed by atoms with Gasteiger partial charge >= 0.3 is 0 Å². The lowest BCUT2D eigenvalue weighted by atomic mass is 10.4. The molecule has 0 unspecified atom stereocenters. The standard InChI is InChI=1S/C9H13NO2S/c1-2-7-13(11,12)8-9-5-3-4-6-10-9/h3-6H,2,7-8H2,1H3. The van der Waals surface area contributed by atoms with Crippen molar-refractivity contribution in [2.45, 2.75) is 19.1 Å². The van der Waals surface area contributed by atoms with E-state index in [0.717, 1.165) is 0 Å². The van der Waals surface area contributed by atoms with Crippen molar-refractivity contribution in [2.24, 2.45) is 0 Å². The second-order valence-electron chi connectivity index (χ2n) is 2.91. The maximum Gasteiger partial charge on any atom is 0.155 e. The molecule has 0 N–H and O–H groups in total. The molecule has 0 spiro atoms. The van der Waals surface area contributed by atoms with Crippen molar-refractivity contribution in [1.29, 1.82) is 0 Å². The largest absolute Gasteiger partial charge is 0.260 e. The van der Waals surface area contributed by atoms with Gasteiger partial charge in [0.15, 0.2) is 9.84 Å². The van der Waals surface area contributed by atoms with Crippen LogP contribution in [0.15, 0.2) is 24.4 Å². The summed E-state index contributed by atoms with van der Waals surface area (Å²) in [6.07, 6.45) is 2.27. The van der Waals surface area contributed by atoms with Crippen molar-refractivity contribution in [3.63, 3.8) is 0 Å². The van der Waals surface area contributed by atoms with E-state index in [1.54, 1.807) is 24.4 Å². The van der Waals surface area contributed by atoms with Crippen LogP contribution in [0.25, 0.3) is 0 Å². The van der Waals surface area contributed by atoms with E-state index < -0.39 is 9.84 Å². The first-order chi connectivity index (χ1) is 6.14. The Labute approximate surface area is 78.7 Å². The van der Waals surface area contributed by atoms with Crippen molar-refractivity contribution in [3.05, 3.63) is 30.1 Å². The van der Waals surface area contributed by atoms with Crippen molar-refractivity contribution in [3.8, 4) is 0 Å². The van der Waals surface area contributed by atoms with E-state index in [1.807, 2.05) is 6.92 Å². The molecule has 0 saturated carbocycles. The molecule has 0 saturated heterocycles. The van der Waals surface area contributed by atoms with Crippen LogP contribution in [0.4, 0.5) is 0 Å². The van der Waals surface area contributed by atoms with Crippen LogP contribution in [0.1, 0.15) is 19.0 Å². The van der Waals surface area contributed by atoms with E-state index in [-0.39, 0.29) is 11.5 Å². The molecule has 0 atom stereocenters. The maximum atomic E-state index is 11.4. The van der Waals surface area contributed by atoms with E-state index >= 15 is 0 Å². The third kappa shape index (κ3) is 3.55. The van der Waals surface area contributed by atoms with Gasteiger partial charge in [0, 0.05) is 6.20 Å². The van der Waals surface area contributed by atoms with Crippen LogP contribution in [-0.2, 0) is 15.6 Å². The monoisotopic (exact) mass is 199 g/mol. The predicted octanol–water partition coefficient (Wildman–Crippen LogP) is 1.41. The van der Waals surface area contributed by atoms with Gasteiger partial charge in [0.25, 0.3) is 0 Å². The minimum absolute atomic E-state index is 0.0572. The molecule has 1 aromatic rings. The Morgan fingerprint density at radius 3 is 2.69 bits per heavy atom. The minimum Gasteiger partial charge on any atom is -0.260 e. The molecule has 0 aliphatic carbocycles. The smallest absolute Gasteiger partial charge is 0.155 e. The van der Waals surface area contributed by atoms with Gasteiger partial charge in [0.1, 0.15) is 0 Å². The highest BCUT2D eigenvalue weighted by molar-refractivity contribution is 7.90. The highest BCUT2D eigenvalue weighted by Crippen LogP contribution is 2.03.